The van der Waals surface area contributed by atoms with Gasteiger partial charge in [0.2, 0.25) is 0 Å². The van der Waals surface area contributed by atoms with E-state index in [4.69, 9.17) is 5.73 Å². The number of nitrogens with two attached hydrogens (primary N) is 1. The predicted molar refractivity (Wildman–Crippen MR) is 109 cm³/mol. The molecule has 1 saturated carbocycles. The van der Waals surface area contributed by atoms with E-state index in [9.17, 15) is 19.5 Å². The molecule has 0 spiro atoms. The zero-order chi connectivity index (χ0) is 22.1. The monoisotopic (exact) mass is 425 g/mol. The molecule has 4 rings (SSSR count). The van der Waals surface area contributed by atoms with Crippen molar-refractivity contribution in [3.8, 4) is 0 Å². The fourth-order valence-electron chi connectivity index (χ4n) is 3.49. The van der Waals surface area contributed by atoms with Gasteiger partial charge in [-0.1, -0.05) is 29.8 Å². The molecule has 0 radical (unpaired) electrons. The van der Waals surface area contributed by atoms with E-state index in [1.54, 1.807) is 0 Å². The molecule has 31 heavy (non-hydrogen) atoms. The SMILES string of the molecule is Cc1ccc([C@@H](O)Cn2nnc(Cn3cc(C(N)=O)c(=O)n(C4CCC4)c3=O)n2)cc1. The molecule has 3 N–H and O–H groups in total. The van der Waals surface area contributed by atoms with Gasteiger partial charge in [0.1, 0.15) is 11.7 Å². The zero-order valence-electron chi connectivity index (χ0n) is 17.0. The van der Waals surface area contributed by atoms with Crippen LogP contribution in [0.15, 0.2) is 40.1 Å². The van der Waals surface area contributed by atoms with Crippen molar-refractivity contribution in [2.45, 2.75) is 51.4 Å². The van der Waals surface area contributed by atoms with Crippen molar-refractivity contribution in [2.24, 2.45) is 5.73 Å². The number of rotatable bonds is 7. The third kappa shape index (κ3) is 4.17. The Hall–Kier alpha value is -3.60. The standard InChI is InChI=1S/C20H23N7O4/c1-12-5-7-13(8-6-12)16(28)10-26-23-17(22-24-26)11-25-9-15(18(21)29)19(30)27(20(25)31)14-3-2-4-14/h5-9,14,16,28H,2-4,10-11H2,1H3,(H2,21,29)/t16-/m0/s1. The molecule has 3 aromatic rings. The lowest BCUT2D eigenvalue weighted by atomic mass is 9.93. The summed E-state index contributed by atoms with van der Waals surface area (Å²) in [7, 11) is 0. The molecule has 0 saturated heterocycles. The Morgan fingerprint density at radius 3 is 2.58 bits per heavy atom. The van der Waals surface area contributed by atoms with Gasteiger partial charge >= 0.3 is 5.69 Å². The van der Waals surface area contributed by atoms with Crippen LogP contribution < -0.4 is 17.0 Å². The van der Waals surface area contributed by atoms with E-state index >= 15 is 0 Å². The molecule has 0 aliphatic heterocycles. The Morgan fingerprint density at radius 2 is 1.97 bits per heavy atom. The number of aromatic nitrogens is 6. The molecule has 1 aromatic carbocycles. The fraction of sp³-hybridized carbons (Fsp3) is 0.400. The first kappa shape index (κ1) is 20.7. The highest BCUT2D eigenvalue weighted by Gasteiger charge is 2.26. The maximum absolute atomic E-state index is 12.9. The normalized spacial score (nSPS) is 14.9. The Morgan fingerprint density at radius 1 is 1.26 bits per heavy atom. The van der Waals surface area contributed by atoms with Crippen molar-refractivity contribution >= 4 is 5.91 Å². The maximum Gasteiger partial charge on any atom is 0.331 e. The minimum absolute atomic E-state index is 0.0824. The highest BCUT2D eigenvalue weighted by atomic mass is 16.3. The third-order valence-electron chi connectivity index (χ3n) is 5.50. The van der Waals surface area contributed by atoms with Crippen LogP contribution >= 0.6 is 0 Å². The summed E-state index contributed by atoms with van der Waals surface area (Å²) < 4.78 is 2.28. The Labute approximate surface area is 176 Å². The number of tetrazole rings is 1. The van der Waals surface area contributed by atoms with Crippen LogP contribution in [0.3, 0.4) is 0 Å². The lowest BCUT2D eigenvalue weighted by molar-refractivity contribution is 0.0996. The summed E-state index contributed by atoms with van der Waals surface area (Å²) in [6.45, 7) is 1.95. The van der Waals surface area contributed by atoms with E-state index in [1.165, 1.54) is 9.36 Å². The number of amides is 1. The molecule has 11 nitrogen and oxygen atoms in total. The van der Waals surface area contributed by atoms with Crippen LogP contribution in [-0.2, 0) is 13.1 Å². The Balaban J connectivity index is 1.57. The molecule has 1 amide bonds. The van der Waals surface area contributed by atoms with Crippen LogP contribution in [0.5, 0.6) is 0 Å². The van der Waals surface area contributed by atoms with Crippen molar-refractivity contribution in [1.82, 2.24) is 29.3 Å². The number of benzene rings is 1. The van der Waals surface area contributed by atoms with Gasteiger partial charge in [-0.05, 0) is 37.0 Å². The van der Waals surface area contributed by atoms with Crippen molar-refractivity contribution in [3.63, 3.8) is 0 Å². The van der Waals surface area contributed by atoms with Gasteiger partial charge in [0.25, 0.3) is 11.5 Å². The number of hydrogen-bond acceptors (Lipinski definition) is 7. The van der Waals surface area contributed by atoms with Crippen molar-refractivity contribution in [3.05, 3.63) is 73.8 Å². The van der Waals surface area contributed by atoms with Crippen LogP contribution in [0.25, 0.3) is 0 Å². The number of carbonyl (C=O) groups excluding carboxylic acids is 1. The Bertz CT molecular complexity index is 1220. The van der Waals surface area contributed by atoms with Gasteiger partial charge in [0.15, 0.2) is 5.82 Å². The molecule has 1 atom stereocenters. The number of aryl methyl sites for hydroxylation is 1. The summed E-state index contributed by atoms with van der Waals surface area (Å²) in [6, 6.07) is 7.22. The van der Waals surface area contributed by atoms with Gasteiger partial charge in [0.05, 0.1) is 13.1 Å². The minimum atomic E-state index is -0.898. The van der Waals surface area contributed by atoms with Crippen LogP contribution in [0.4, 0.5) is 0 Å². The number of primary amides is 1. The third-order valence-corrected chi connectivity index (χ3v) is 5.50. The predicted octanol–water partition coefficient (Wildman–Crippen LogP) is -0.0893. The molecule has 0 bridgehead atoms. The van der Waals surface area contributed by atoms with Crippen molar-refractivity contribution in [1.29, 1.82) is 0 Å². The summed E-state index contributed by atoms with van der Waals surface area (Å²) in [6.07, 6.45) is 2.62. The van der Waals surface area contributed by atoms with E-state index in [1.807, 2.05) is 31.2 Å². The second-order valence-corrected chi connectivity index (χ2v) is 7.76. The van der Waals surface area contributed by atoms with Crippen LogP contribution in [-0.4, -0.2) is 40.4 Å². The molecule has 1 aliphatic carbocycles. The quantitative estimate of drug-likeness (QED) is 0.537. The maximum atomic E-state index is 12.9. The topological polar surface area (TPSA) is 151 Å². The average Bonchev–Trinajstić information content (AvgIpc) is 3.12. The van der Waals surface area contributed by atoms with Crippen molar-refractivity contribution < 1.29 is 9.90 Å². The van der Waals surface area contributed by atoms with Crippen LogP contribution in [0, 0.1) is 6.92 Å². The highest BCUT2D eigenvalue weighted by molar-refractivity contribution is 5.92. The first-order chi connectivity index (χ1) is 14.8. The smallest absolute Gasteiger partial charge is 0.331 e. The Kier molecular flexibility index (Phi) is 5.51. The lowest BCUT2D eigenvalue weighted by Gasteiger charge is -2.27. The molecule has 0 unspecified atom stereocenters. The van der Waals surface area contributed by atoms with Crippen LogP contribution in [0.1, 0.15) is 58.7 Å². The van der Waals surface area contributed by atoms with Gasteiger partial charge in [-0.25, -0.2) is 4.79 Å². The van der Waals surface area contributed by atoms with Crippen LogP contribution in [0.2, 0.25) is 0 Å². The summed E-state index contributed by atoms with van der Waals surface area (Å²) >= 11 is 0. The molecular weight excluding hydrogens is 402 g/mol. The second kappa shape index (κ2) is 8.26. The number of hydrogen-bond donors (Lipinski definition) is 2. The molecule has 2 heterocycles. The molecule has 1 fully saturated rings. The van der Waals surface area contributed by atoms with E-state index in [0.717, 1.165) is 28.3 Å². The molecule has 11 heteroatoms. The second-order valence-electron chi connectivity index (χ2n) is 7.76. The van der Waals surface area contributed by atoms with Gasteiger partial charge in [-0.15, -0.1) is 10.2 Å². The summed E-state index contributed by atoms with van der Waals surface area (Å²) in [5.74, 6) is -0.697. The molecular formula is C20H23N7O4. The summed E-state index contributed by atoms with van der Waals surface area (Å²) in [5, 5.41) is 22.5. The largest absolute Gasteiger partial charge is 0.386 e. The van der Waals surface area contributed by atoms with E-state index in [-0.39, 0.29) is 30.5 Å². The van der Waals surface area contributed by atoms with Gasteiger partial charge < -0.3 is 10.8 Å². The van der Waals surface area contributed by atoms with E-state index in [2.05, 4.69) is 15.4 Å². The zero-order valence-corrected chi connectivity index (χ0v) is 17.0. The highest BCUT2D eigenvalue weighted by Crippen LogP contribution is 2.29. The first-order valence-electron chi connectivity index (χ1n) is 10.0. The van der Waals surface area contributed by atoms with E-state index in [0.29, 0.717) is 12.8 Å². The molecule has 1 aliphatic rings. The number of carbonyl (C=O) groups is 1. The minimum Gasteiger partial charge on any atom is -0.386 e. The van der Waals surface area contributed by atoms with Gasteiger partial charge in [-0.3, -0.25) is 18.7 Å². The van der Waals surface area contributed by atoms with Gasteiger partial charge in [0, 0.05) is 12.2 Å². The summed E-state index contributed by atoms with van der Waals surface area (Å²) in [4.78, 5) is 38.3. The van der Waals surface area contributed by atoms with Gasteiger partial charge in [-0.2, -0.15) is 4.80 Å². The molecule has 2 aromatic heterocycles. The number of nitrogens with zero attached hydrogens (tertiary/aromatic N) is 6. The van der Waals surface area contributed by atoms with Crippen molar-refractivity contribution in [2.75, 3.05) is 0 Å². The first-order valence-corrected chi connectivity index (χ1v) is 10.0. The summed E-state index contributed by atoms with van der Waals surface area (Å²) in [5.41, 5.74) is 5.67. The van der Waals surface area contributed by atoms with E-state index < -0.39 is 23.3 Å². The fourth-order valence-corrected chi connectivity index (χ4v) is 3.49. The molecule has 162 valence electrons. The number of aliphatic hydroxyl groups excluding tert-OH is 1. The average molecular weight is 425 g/mol. The number of aliphatic hydroxyl groups is 1. The lowest BCUT2D eigenvalue weighted by Crippen LogP contribution is -2.46.